The van der Waals surface area contributed by atoms with Crippen LogP contribution in [0.3, 0.4) is 0 Å². The number of nitrogens with one attached hydrogen (secondary N) is 1. The van der Waals surface area contributed by atoms with Gasteiger partial charge in [0.15, 0.2) is 0 Å². The van der Waals surface area contributed by atoms with Crippen molar-refractivity contribution in [3.8, 4) is 11.4 Å². The van der Waals surface area contributed by atoms with E-state index in [4.69, 9.17) is 16.1 Å². The van der Waals surface area contributed by atoms with Gasteiger partial charge in [0.1, 0.15) is 0 Å². The van der Waals surface area contributed by atoms with Crippen LogP contribution in [-0.4, -0.2) is 35.2 Å². The molecule has 0 bridgehead atoms. The molecule has 1 heterocycles. The van der Waals surface area contributed by atoms with Crippen LogP contribution in [-0.2, 0) is 6.54 Å². The number of carbonyl (C=O) groups excluding carboxylic acids is 1. The fourth-order valence-corrected chi connectivity index (χ4v) is 1.48. The Morgan fingerprint density at radius 3 is 2.68 bits per heavy atom. The zero-order valence-electron chi connectivity index (χ0n) is 10.6. The average molecular weight is 281 g/mol. The van der Waals surface area contributed by atoms with E-state index in [0.29, 0.717) is 16.7 Å². The maximum absolute atomic E-state index is 11.3. The van der Waals surface area contributed by atoms with Gasteiger partial charge in [-0.1, -0.05) is 16.8 Å². The molecule has 19 heavy (non-hydrogen) atoms. The fraction of sp³-hybridized carbons (Fsp3) is 0.250. The lowest BCUT2D eigenvalue weighted by atomic mass is 10.2. The molecule has 0 fully saturated rings. The summed E-state index contributed by atoms with van der Waals surface area (Å²) >= 11 is 5.80. The third-order valence-corrected chi connectivity index (χ3v) is 2.62. The molecule has 0 aliphatic carbocycles. The highest BCUT2D eigenvalue weighted by Gasteiger charge is 2.10. The molecule has 0 atom stereocenters. The number of amides is 2. The SMILES string of the molecule is CN(C)C(=O)NCc1nc(-c2ccc(Cl)cc2)no1. The topological polar surface area (TPSA) is 71.3 Å². The zero-order valence-corrected chi connectivity index (χ0v) is 11.3. The summed E-state index contributed by atoms with van der Waals surface area (Å²) in [5.74, 6) is 0.811. The minimum absolute atomic E-state index is 0.192. The molecule has 100 valence electrons. The van der Waals surface area contributed by atoms with Gasteiger partial charge < -0.3 is 14.7 Å². The van der Waals surface area contributed by atoms with E-state index < -0.39 is 0 Å². The van der Waals surface area contributed by atoms with Crippen molar-refractivity contribution in [3.63, 3.8) is 0 Å². The number of benzene rings is 1. The van der Waals surface area contributed by atoms with Gasteiger partial charge in [0.25, 0.3) is 0 Å². The summed E-state index contributed by atoms with van der Waals surface area (Å²) in [7, 11) is 3.31. The number of halogens is 1. The van der Waals surface area contributed by atoms with Crippen molar-refractivity contribution >= 4 is 17.6 Å². The quantitative estimate of drug-likeness (QED) is 0.935. The maximum atomic E-state index is 11.3. The molecule has 2 aromatic rings. The van der Waals surface area contributed by atoms with E-state index in [1.54, 1.807) is 38.4 Å². The molecule has 2 rings (SSSR count). The van der Waals surface area contributed by atoms with E-state index in [0.717, 1.165) is 5.56 Å². The number of nitrogens with zero attached hydrogens (tertiary/aromatic N) is 3. The Kier molecular flexibility index (Phi) is 4.01. The first-order valence-electron chi connectivity index (χ1n) is 5.60. The highest BCUT2D eigenvalue weighted by Crippen LogP contribution is 2.18. The first-order valence-corrected chi connectivity index (χ1v) is 5.98. The molecule has 7 heteroatoms. The standard InChI is InChI=1S/C12H13ClN4O2/c1-17(2)12(18)14-7-10-15-11(16-19-10)8-3-5-9(13)6-4-8/h3-6H,7H2,1-2H3,(H,14,18). The molecular formula is C12H13ClN4O2. The summed E-state index contributed by atoms with van der Waals surface area (Å²) in [6.07, 6.45) is 0. The van der Waals surface area contributed by atoms with Gasteiger partial charge in [0.05, 0.1) is 6.54 Å². The summed E-state index contributed by atoms with van der Waals surface area (Å²) in [6.45, 7) is 0.192. The Hall–Kier alpha value is -2.08. The molecule has 1 aromatic heterocycles. The summed E-state index contributed by atoms with van der Waals surface area (Å²) in [6, 6.07) is 6.89. The van der Waals surface area contributed by atoms with E-state index in [1.807, 2.05) is 0 Å². The van der Waals surface area contributed by atoms with Crippen molar-refractivity contribution in [2.75, 3.05) is 14.1 Å². The fourth-order valence-electron chi connectivity index (χ4n) is 1.35. The van der Waals surface area contributed by atoms with Crippen LogP contribution in [0.2, 0.25) is 5.02 Å². The van der Waals surface area contributed by atoms with E-state index in [-0.39, 0.29) is 12.6 Å². The van der Waals surface area contributed by atoms with Gasteiger partial charge >= 0.3 is 6.03 Å². The number of hydrogen-bond donors (Lipinski definition) is 1. The van der Waals surface area contributed by atoms with Crippen LogP contribution in [0.4, 0.5) is 4.79 Å². The van der Waals surface area contributed by atoms with Crippen molar-refractivity contribution in [2.45, 2.75) is 6.54 Å². The molecule has 0 aliphatic rings. The second-order valence-corrected chi connectivity index (χ2v) is 4.51. The van der Waals surface area contributed by atoms with Gasteiger partial charge in [-0.15, -0.1) is 0 Å². The lowest BCUT2D eigenvalue weighted by Gasteiger charge is -2.09. The zero-order chi connectivity index (χ0) is 13.8. The molecule has 0 spiro atoms. The van der Waals surface area contributed by atoms with Gasteiger partial charge in [0, 0.05) is 24.7 Å². The lowest BCUT2D eigenvalue weighted by molar-refractivity contribution is 0.215. The largest absolute Gasteiger partial charge is 0.337 e. The molecule has 2 amide bonds. The number of rotatable bonds is 3. The van der Waals surface area contributed by atoms with Crippen LogP contribution in [0, 0.1) is 0 Å². The Morgan fingerprint density at radius 2 is 2.05 bits per heavy atom. The number of urea groups is 1. The second kappa shape index (κ2) is 5.71. The Labute approximate surface area is 115 Å². The van der Waals surface area contributed by atoms with Gasteiger partial charge in [-0.2, -0.15) is 4.98 Å². The van der Waals surface area contributed by atoms with Crippen LogP contribution in [0.1, 0.15) is 5.89 Å². The molecule has 1 aromatic carbocycles. The van der Waals surface area contributed by atoms with Crippen molar-refractivity contribution in [1.29, 1.82) is 0 Å². The molecule has 0 radical (unpaired) electrons. The summed E-state index contributed by atoms with van der Waals surface area (Å²) in [5, 5.41) is 7.13. The van der Waals surface area contributed by atoms with Crippen LogP contribution in [0.15, 0.2) is 28.8 Å². The van der Waals surface area contributed by atoms with E-state index in [9.17, 15) is 4.79 Å². The minimum atomic E-state index is -0.216. The highest BCUT2D eigenvalue weighted by molar-refractivity contribution is 6.30. The van der Waals surface area contributed by atoms with E-state index in [1.165, 1.54) is 4.90 Å². The smallest absolute Gasteiger partial charge is 0.317 e. The minimum Gasteiger partial charge on any atom is -0.337 e. The number of hydrogen-bond acceptors (Lipinski definition) is 4. The molecule has 6 nitrogen and oxygen atoms in total. The predicted molar refractivity (Wildman–Crippen MR) is 70.7 cm³/mol. The summed E-state index contributed by atoms with van der Waals surface area (Å²) < 4.78 is 5.05. The molecule has 0 unspecified atom stereocenters. The first kappa shape index (κ1) is 13.4. The van der Waals surface area contributed by atoms with Gasteiger partial charge in [0.2, 0.25) is 11.7 Å². The highest BCUT2D eigenvalue weighted by atomic mass is 35.5. The Balaban J connectivity index is 2.03. The van der Waals surface area contributed by atoms with Crippen molar-refractivity contribution in [3.05, 3.63) is 35.2 Å². The predicted octanol–water partition coefficient (Wildman–Crippen LogP) is 2.16. The molecule has 0 saturated heterocycles. The third-order valence-electron chi connectivity index (χ3n) is 2.37. The summed E-state index contributed by atoms with van der Waals surface area (Å²) in [5.41, 5.74) is 0.804. The van der Waals surface area contributed by atoms with Crippen LogP contribution in [0.5, 0.6) is 0 Å². The lowest BCUT2D eigenvalue weighted by Crippen LogP contribution is -2.33. The summed E-state index contributed by atoms with van der Waals surface area (Å²) in [4.78, 5) is 17.0. The molecular weight excluding hydrogens is 268 g/mol. The molecule has 0 saturated carbocycles. The first-order chi connectivity index (χ1) is 9.06. The Morgan fingerprint density at radius 1 is 1.37 bits per heavy atom. The normalized spacial score (nSPS) is 10.3. The molecule has 1 N–H and O–H groups in total. The monoisotopic (exact) mass is 280 g/mol. The van der Waals surface area contributed by atoms with E-state index >= 15 is 0 Å². The second-order valence-electron chi connectivity index (χ2n) is 4.07. The van der Waals surface area contributed by atoms with Crippen molar-refractivity contribution in [1.82, 2.24) is 20.4 Å². The van der Waals surface area contributed by atoms with Gasteiger partial charge in [-0.25, -0.2) is 4.79 Å². The van der Waals surface area contributed by atoms with Crippen molar-refractivity contribution in [2.24, 2.45) is 0 Å². The van der Waals surface area contributed by atoms with Crippen LogP contribution in [0.25, 0.3) is 11.4 Å². The maximum Gasteiger partial charge on any atom is 0.317 e. The number of aromatic nitrogens is 2. The number of carbonyl (C=O) groups is 1. The third kappa shape index (κ3) is 3.45. The van der Waals surface area contributed by atoms with Crippen LogP contribution < -0.4 is 5.32 Å². The van der Waals surface area contributed by atoms with E-state index in [2.05, 4.69) is 15.5 Å². The van der Waals surface area contributed by atoms with Crippen LogP contribution >= 0.6 is 11.6 Å². The van der Waals surface area contributed by atoms with Gasteiger partial charge in [-0.05, 0) is 24.3 Å². The average Bonchev–Trinajstić information content (AvgIpc) is 2.85. The van der Waals surface area contributed by atoms with Gasteiger partial charge in [-0.3, -0.25) is 0 Å². The molecule has 0 aliphatic heterocycles. The van der Waals surface area contributed by atoms with Crippen molar-refractivity contribution < 1.29 is 9.32 Å². The Bertz CT molecular complexity index is 565.